The van der Waals surface area contributed by atoms with Crippen LogP contribution in [0.4, 0.5) is 0 Å². The molecule has 130 valence electrons. The second kappa shape index (κ2) is 7.45. The largest absolute Gasteiger partial charge is 0.394 e. The lowest BCUT2D eigenvalue weighted by molar-refractivity contribution is -0.325. The van der Waals surface area contributed by atoms with Gasteiger partial charge < -0.3 is 49.6 Å². The fourth-order valence-corrected chi connectivity index (χ4v) is 2.52. The molecule has 2 rings (SSSR count). The van der Waals surface area contributed by atoms with E-state index in [1.54, 1.807) is 0 Å². The quantitative estimate of drug-likeness (QED) is 0.293. The zero-order valence-electron chi connectivity index (χ0n) is 11.9. The van der Waals surface area contributed by atoms with Crippen molar-refractivity contribution in [2.75, 3.05) is 20.3 Å². The molecule has 0 aromatic heterocycles. The molecule has 2 heterocycles. The number of rotatable bonds is 5. The Kier molecular flexibility index (Phi) is 6.07. The van der Waals surface area contributed by atoms with Gasteiger partial charge in [-0.05, 0) is 0 Å². The van der Waals surface area contributed by atoms with Gasteiger partial charge in [-0.25, -0.2) is 0 Å². The van der Waals surface area contributed by atoms with E-state index in [0.717, 1.165) is 0 Å². The summed E-state index contributed by atoms with van der Waals surface area (Å²) >= 11 is 0. The third kappa shape index (κ3) is 3.26. The van der Waals surface area contributed by atoms with E-state index in [9.17, 15) is 20.4 Å². The number of aliphatic hydroxyl groups excluding tert-OH is 6. The standard InChI is InChI=1S/C12H22O10/c1-19-12-10(7(16)5(3-14)21-12)22-11-9(18)8(17)6(15)4(2-13)20-11/h4-18H,2-3H2,1H3/t4-,5+,6+,7+,8+,9-,10-,11-,12+/m0/s1. The van der Waals surface area contributed by atoms with E-state index in [0.29, 0.717) is 0 Å². The van der Waals surface area contributed by atoms with E-state index < -0.39 is 68.5 Å². The molecule has 0 amide bonds. The van der Waals surface area contributed by atoms with Crippen LogP contribution in [0.1, 0.15) is 0 Å². The molecule has 0 radical (unpaired) electrons. The highest BCUT2D eigenvalue weighted by Crippen LogP contribution is 2.29. The lowest BCUT2D eigenvalue weighted by Gasteiger charge is -2.41. The van der Waals surface area contributed by atoms with Crippen LogP contribution in [-0.2, 0) is 18.9 Å². The second-order valence-corrected chi connectivity index (χ2v) is 5.25. The minimum Gasteiger partial charge on any atom is -0.394 e. The maximum absolute atomic E-state index is 10.0. The topological polar surface area (TPSA) is 158 Å². The normalized spacial score (nSPS) is 49.5. The third-order valence-corrected chi connectivity index (χ3v) is 3.85. The molecule has 0 aliphatic carbocycles. The third-order valence-electron chi connectivity index (χ3n) is 3.85. The molecule has 0 saturated carbocycles. The molecule has 0 aromatic carbocycles. The zero-order valence-corrected chi connectivity index (χ0v) is 11.9. The van der Waals surface area contributed by atoms with Crippen LogP contribution in [0, 0.1) is 0 Å². The summed E-state index contributed by atoms with van der Waals surface area (Å²) in [6.45, 7) is -1.06. The Labute approximate surface area is 126 Å². The average Bonchev–Trinajstić information content (AvgIpc) is 2.83. The average molecular weight is 326 g/mol. The highest BCUT2D eigenvalue weighted by molar-refractivity contribution is 4.92. The van der Waals surface area contributed by atoms with E-state index >= 15 is 0 Å². The van der Waals surface area contributed by atoms with Gasteiger partial charge in [0.15, 0.2) is 12.6 Å². The van der Waals surface area contributed by atoms with Gasteiger partial charge in [-0.3, -0.25) is 0 Å². The fraction of sp³-hybridized carbons (Fsp3) is 1.00. The molecular formula is C12H22O10. The summed E-state index contributed by atoms with van der Waals surface area (Å²) in [5.41, 5.74) is 0. The van der Waals surface area contributed by atoms with Crippen molar-refractivity contribution in [3.8, 4) is 0 Å². The van der Waals surface area contributed by atoms with Crippen molar-refractivity contribution in [3.63, 3.8) is 0 Å². The molecule has 2 saturated heterocycles. The highest BCUT2D eigenvalue weighted by Gasteiger charge is 2.50. The van der Waals surface area contributed by atoms with Crippen LogP contribution in [-0.4, -0.2) is 106 Å². The SMILES string of the molecule is CO[C@@H]1O[C@H](CO)[C@@H](O)[C@@H]1O[C@@H]1O[C@@H](CO)[C@@H](O)[C@@H](O)[C@@H]1O. The smallest absolute Gasteiger partial charge is 0.187 e. The second-order valence-electron chi connectivity index (χ2n) is 5.25. The monoisotopic (exact) mass is 326 g/mol. The van der Waals surface area contributed by atoms with Crippen molar-refractivity contribution in [2.45, 2.75) is 55.3 Å². The Morgan fingerprint density at radius 2 is 1.32 bits per heavy atom. The first-order valence-corrected chi connectivity index (χ1v) is 6.87. The lowest BCUT2D eigenvalue weighted by atomic mass is 9.99. The minimum atomic E-state index is -1.60. The van der Waals surface area contributed by atoms with Gasteiger partial charge in [-0.15, -0.1) is 0 Å². The van der Waals surface area contributed by atoms with Crippen LogP contribution in [0.5, 0.6) is 0 Å². The van der Waals surface area contributed by atoms with Gasteiger partial charge in [0.1, 0.15) is 42.7 Å². The molecule has 2 fully saturated rings. The summed E-state index contributed by atoms with van der Waals surface area (Å²) in [5, 5.41) is 57.5. The zero-order chi connectivity index (χ0) is 16.4. The van der Waals surface area contributed by atoms with E-state index in [4.69, 9.17) is 29.2 Å². The highest BCUT2D eigenvalue weighted by atomic mass is 16.8. The number of ether oxygens (including phenoxy) is 4. The molecule has 22 heavy (non-hydrogen) atoms. The Morgan fingerprint density at radius 3 is 1.86 bits per heavy atom. The number of aliphatic hydroxyl groups is 6. The van der Waals surface area contributed by atoms with Gasteiger partial charge in [-0.2, -0.15) is 0 Å². The molecular weight excluding hydrogens is 304 g/mol. The Morgan fingerprint density at radius 1 is 0.773 bits per heavy atom. The summed E-state index contributed by atoms with van der Waals surface area (Å²) in [5.74, 6) is 0. The maximum atomic E-state index is 10.0. The first kappa shape index (κ1) is 17.9. The Hall–Kier alpha value is -0.400. The first-order chi connectivity index (χ1) is 10.4. The molecule has 2 aliphatic heterocycles. The number of hydrogen-bond acceptors (Lipinski definition) is 10. The minimum absolute atomic E-state index is 0.463. The summed E-state index contributed by atoms with van der Waals surface area (Å²) in [7, 11) is 1.31. The summed E-state index contributed by atoms with van der Waals surface area (Å²) in [6, 6.07) is 0. The van der Waals surface area contributed by atoms with Crippen LogP contribution in [0.25, 0.3) is 0 Å². The number of methoxy groups -OCH3 is 1. The Balaban J connectivity index is 2.07. The molecule has 0 bridgehead atoms. The number of hydrogen-bond donors (Lipinski definition) is 6. The predicted octanol–water partition coefficient (Wildman–Crippen LogP) is -4.10. The molecule has 10 nitrogen and oxygen atoms in total. The first-order valence-electron chi connectivity index (χ1n) is 6.87. The van der Waals surface area contributed by atoms with Crippen LogP contribution < -0.4 is 0 Å². The van der Waals surface area contributed by atoms with Gasteiger partial charge >= 0.3 is 0 Å². The molecule has 6 N–H and O–H groups in total. The summed E-state index contributed by atoms with van der Waals surface area (Å²) in [6.07, 6.45) is -11.5. The van der Waals surface area contributed by atoms with E-state index in [1.165, 1.54) is 7.11 Å². The van der Waals surface area contributed by atoms with Gasteiger partial charge in [-0.1, -0.05) is 0 Å². The van der Waals surface area contributed by atoms with Crippen molar-refractivity contribution in [3.05, 3.63) is 0 Å². The van der Waals surface area contributed by atoms with Crippen molar-refractivity contribution in [1.29, 1.82) is 0 Å². The predicted molar refractivity (Wildman–Crippen MR) is 67.4 cm³/mol. The summed E-state index contributed by atoms with van der Waals surface area (Å²) in [4.78, 5) is 0. The molecule has 0 unspecified atom stereocenters. The molecule has 2 aliphatic rings. The Bertz CT molecular complexity index is 351. The van der Waals surface area contributed by atoms with Crippen molar-refractivity contribution < 1.29 is 49.6 Å². The van der Waals surface area contributed by atoms with Crippen LogP contribution in [0.2, 0.25) is 0 Å². The molecule has 0 spiro atoms. The van der Waals surface area contributed by atoms with Gasteiger partial charge in [0.05, 0.1) is 13.2 Å². The van der Waals surface area contributed by atoms with Crippen molar-refractivity contribution >= 4 is 0 Å². The van der Waals surface area contributed by atoms with E-state index in [1.807, 2.05) is 0 Å². The van der Waals surface area contributed by atoms with Crippen LogP contribution >= 0.6 is 0 Å². The van der Waals surface area contributed by atoms with E-state index in [-0.39, 0.29) is 0 Å². The van der Waals surface area contributed by atoms with Gasteiger partial charge in [0.2, 0.25) is 0 Å². The molecule has 10 heteroatoms. The van der Waals surface area contributed by atoms with Crippen molar-refractivity contribution in [1.82, 2.24) is 0 Å². The maximum Gasteiger partial charge on any atom is 0.187 e. The summed E-state index contributed by atoms with van der Waals surface area (Å²) < 4.78 is 20.8. The lowest BCUT2D eigenvalue weighted by Crippen LogP contribution is -2.60. The molecule has 0 aromatic rings. The van der Waals surface area contributed by atoms with Crippen LogP contribution in [0.15, 0.2) is 0 Å². The van der Waals surface area contributed by atoms with Crippen LogP contribution in [0.3, 0.4) is 0 Å². The fourth-order valence-electron chi connectivity index (χ4n) is 2.52. The van der Waals surface area contributed by atoms with Gasteiger partial charge in [0, 0.05) is 7.11 Å². The van der Waals surface area contributed by atoms with E-state index in [2.05, 4.69) is 0 Å². The van der Waals surface area contributed by atoms with Crippen molar-refractivity contribution in [2.24, 2.45) is 0 Å². The van der Waals surface area contributed by atoms with Gasteiger partial charge in [0.25, 0.3) is 0 Å². The molecule has 9 atom stereocenters.